The van der Waals surface area contributed by atoms with Gasteiger partial charge in [-0.3, -0.25) is 14.5 Å². The van der Waals surface area contributed by atoms with Crippen LogP contribution in [0.4, 0.5) is 5.13 Å². The van der Waals surface area contributed by atoms with Crippen LogP contribution in [-0.4, -0.2) is 34.5 Å². The summed E-state index contributed by atoms with van der Waals surface area (Å²) in [5, 5.41) is 13.5. The van der Waals surface area contributed by atoms with Gasteiger partial charge in [-0.1, -0.05) is 25.5 Å². The fraction of sp³-hybridized carbons (Fsp3) is 0.296. The summed E-state index contributed by atoms with van der Waals surface area (Å²) >= 11 is 1.26. The average Bonchev–Trinajstić information content (AvgIpc) is 3.57. The zero-order valence-electron chi connectivity index (χ0n) is 19.6. The standard InChI is InChI=1S/C27H26N2O5S/c1-3-4-11-33-20-7-5-6-17(15-20)23-22(25(31)26(32)29(23)27-28-10-12-35-27)24(30)18-8-9-21-19(14-18)13-16(2)34-21/h5-10,12,14-16,23,30H,3-4,11,13H2,1-2H3/b24-22+/t16-,23+/m1/s1. The number of unbranched alkanes of at least 4 members (excludes halogenated alkanes) is 1. The number of thiazole rings is 1. The number of benzene rings is 2. The Morgan fingerprint density at radius 3 is 2.89 bits per heavy atom. The Balaban J connectivity index is 1.62. The Kier molecular flexibility index (Phi) is 6.30. The molecule has 7 nitrogen and oxygen atoms in total. The predicted octanol–water partition coefficient (Wildman–Crippen LogP) is 5.27. The average molecular weight is 491 g/mol. The summed E-state index contributed by atoms with van der Waals surface area (Å²) in [5.41, 5.74) is 2.12. The van der Waals surface area contributed by atoms with Crippen molar-refractivity contribution < 1.29 is 24.2 Å². The second-order valence-corrected chi connectivity index (χ2v) is 9.59. The van der Waals surface area contributed by atoms with Gasteiger partial charge in [-0.2, -0.15) is 0 Å². The highest BCUT2D eigenvalue weighted by Crippen LogP contribution is 2.44. The largest absolute Gasteiger partial charge is 0.507 e. The molecule has 3 heterocycles. The molecule has 5 rings (SSSR count). The molecule has 2 aromatic carbocycles. The van der Waals surface area contributed by atoms with E-state index >= 15 is 0 Å². The first kappa shape index (κ1) is 23.1. The van der Waals surface area contributed by atoms with Gasteiger partial charge in [0.15, 0.2) is 5.13 Å². The lowest BCUT2D eigenvalue weighted by molar-refractivity contribution is -0.132. The number of aliphatic hydroxyl groups is 1. The highest BCUT2D eigenvalue weighted by molar-refractivity contribution is 7.14. The van der Waals surface area contributed by atoms with Crippen molar-refractivity contribution in [1.82, 2.24) is 4.98 Å². The van der Waals surface area contributed by atoms with Crippen LogP contribution in [0.2, 0.25) is 0 Å². The number of hydrogen-bond acceptors (Lipinski definition) is 7. The normalized spacial score (nSPS) is 20.7. The quantitative estimate of drug-likeness (QED) is 0.210. The van der Waals surface area contributed by atoms with Crippen molar-refractivity contribution >= 4 is 33.9 Å². The Morgan fingerprint density at radius 2 is 2.11 bits per heavy atom. The van der Waals surface area contributed by atoms with Crippen LogP contribution >= 0.6 is 11.3 Å². The van der Waals surface area contributed by atoms with E-state index in [2.05, 4.69) is 11.9 Å². The molecule has 0 spiro atoms. The number of Topliss-reactive ketones (excluding diaryl/α,β-unsaturated/α-hetero) is 1. The minimum atomic E-state index is -0.834. The topological polar surface area (TPSA) is 89.0 Å². The second-order valence-electron chi connectivity index (χ2n) is 8.71. The van der Waals surface area contributed by atoms with Gasteiger partial charge in [0.25, 0.3) is 5.78 Å². The van der Waals surface area contributed by atoms with E-state index in [1.165, 1.54) is 16.2 Å². The number of rotatable bonds is 7. The summed E-state index contributed by atoms with van der Waals surface area (Å²) in [7, 11) is 0. The maximum atomic E-state index is 13.3. The molecule has 1 N–H and O–H groups in total. The van der Waals surface area contributed by atoms with Crippen LogP contribution in [0.3, 0.4) is 0 Å². The number of anilines is 1. The summed E-state index contributed by atoms with van der Waals surface area (Å²) in [6.45, 7) is 4.64. The molecule has 0 radical (unpaired) electrons. The lowest BCUT2D eigenvalue weighted by atomic mass is 9.94. The summed E-state index contributed by atoms with van der Waals surface area (Å²) in [6.07, 6.45) is 4.28. The number of nitrogens with zero attached hydrogens (tertiary/aromatic N) is 2. The molecule has 3 aromatic rings. The van der Waals surface area contributed by atoms with Gasteiger partial charge in [0.2, 0.25) is 0 Å². The van der Waals surface area contributed by atoms with E-state index in [0.29, 0.717) is 35.0 Å². The number of amides is 1. The van der Waals surface area contributed by atoms with E-state index in [1.54, 1.807) is 23.7 Å². The number of ether oxygens (including phenoxy) is 2. The number of carbonyl (C=O) groups is 2. The number of aliphatic hydroxyl groups excluding tert-OH is 1. The number of aromatic nitrogens is 1. The molecular formula is C27H26N2O5S. The first-order valence-electron chi connectivity index (χ1n) is 11.7. The van der Waals surface area contributed by atoms with Gasteiger partial charge in [-0.05, 0) is 54.8 Å². The van der Waals surface area contributed by atoms with Crippen molar-refractivity contribution in [3.05, 3.63) is 76.3 Å². The van der Waals surface area contributed by atoms with E-state index in [-0.39, 0.29) is 17.4 Å². The van der Waals surface area contributed by atoms with Gasteiger partial charge < -0.3 is 14.6 Å². The van der Waals surface area contributed by atoms with E-state index in [4.69, 9.17) is 9.47 Å². The molecule has 1 amide bonds. The lowest BCUT2D eigenvalue weighted by Gasteiger charge is -2.23. The molecule has 2 aliphatic rings. The molecular weight excluding hydrogens is 464 g/mol. The fourth-order valence-corrected chi connectivity index (χ4v) is 5.18. The van der Waals surface area contributed by atoms with E-state index in [9.17, 15) is 14.7 Å². The molecule has 2 aliphatic heterocycles. The van der Waals surface area contributed by atoms with E-state index < -0.39 is 17.7 Å². The zero-order valence-corrected chi connectivity index (χ0v) is 20.4. The van der Waals surface area contributed by atoms with Gasteiger partial charge in [0, 0.05) is 23.6 Å². The Morgan fingerprint density at radius 1 is 1.26 bits per heavy atom. The van der Waals surface area contributed by atoms with Crippen molar-refractivity contribution in [2.24, 2.45) is 0 Å². The third kappa shape index (κ3) is 4.30. The third-order valence-corrected chi connectivity index (χ3v) is 6.95. The smallest absolute Gasteiger partial charge is 0.301 e. The maximum absolute atomic E-state index is 13.3. The van der Waals surface area contributed by atoms with Crippen LogP contribution in [0.15, 0.2) is 59.6 Å². The van der Waals surface area contributed by atoms with Gasteiger partial charge in [-0.15, -0.1) is 11.3 Å². The summed E-state index contributed by atoms with van der Waals surface area (Å²) in [4.78, 5) is 32.2. The lowest BCUT2D eigenvalue weighted by Crippen LogP contribution is -2.29. The van der Waals surface area contributed by atoms with Crippen molar-refractivity contribution in [3.63, 3.8) is 0 Å². The molecule has 0 unspecified atom stereocenters. The molecule has 2 atom stereocenters. The van der Waals surface area contributed by atoms with Crippen molar-refractivity contribution in [1.29, 1.82) is 0 Å². The van der Waals surface area contributed by atoms with Crippen LogP contribution in [0.1, 0.15) is 49.4 Å². The van der Waals surface area contributed by atoms with Crippen molar-refractivity contribution in [2.75, 3.05) is 11.5 Å². The van der Waals surface area contributed by atoms with Crippen LogP contribution in [-0.2, 0) is 16.0 Å². The molecule has 1 fully saturated rings. The maximum Gasteiger partial charge on any atom is 0.301 e. The van der Waals surface area contributed by atoms with Gasteiger partial charge >= 0.3 is 5.91 Å². The number of fused-ring (bicyclic) bond motifs is 1. The van der Waals surface area contributed by atoms with Crippen LogP contribution in [0, 0.1) is 0 Å². The highest BCUT2D eigenvalue weighted by Gasteiger charge is 2.48. The molecule has 180 valence electrons. The van der Waals surface area contributed by atoms with Crippen molar-refractivity contribution in [3.8, 4) is 11.5 Å². The van der Waals surface area contributed by atoms with E-state index in [0.717, 1.165) is 24.2 Å². The molecule has 35 heavy (non-hydrogen) atoms. The van der Waals surface area contributed by atoms with Crippen LogP contribution < -0.4 is 14.4 Å². The Bertz CT molecular complexity index is 1300. The molecule has 1 aromatic heterocycles. The van der Waals surface area contributed by atoms with Crippen LogP contribution in [0.5, 0.6) is 11.5 Å². The SMILES string of the molecule is CCCCOc1cccc([C@H]2/C(=C(\O)c3ccc4c(c3)C[C@@H](C)O4)C(=O)C(=O)N2c2nccs2)c1. The zero-order chi connectivity index (χ0) is 24.5. The molecule has 1 saturated heterocycles. The first-order chi connectivity index (χ1) is 17.0. The summed E-state index contributed by atoms with van der Waals surface area (Å²) in [5.74, 6) is -0.269. The first-order valence-corrected chi connectivity index (χ1v) is 12.6. The minimum absolute atomic E-state index is 0.0304. The number of carbonyl (C=O) groups excluding carboxylic acids is 2. The molecule has 0 bridgehead atoms. The van der Waals surface area contributed by atoms with Gasteiger partial charge in [-0.25, -0.2) is 4.98 Å². The van der Waals surface area contributed by atoms with Gasteiger partial charge in [0.1, 0.15) is 23.4 Å². The highest BCUT2D eigenvalue weighted by atomic mass is 32.1. The Labute approximate surface area is 207 Å². The molecule has 8 heteroatoms. The fourth-order valence-electron chi connectivity index (χ4n) is 4.51. The van der Waals surface area contributed by atoms with Crippen LogP contribution in [0.25, 0.3) is 5.76 Å². The number of ketones is 1. The van der Waals surface area contributed by atoms with E-state index in [1.807, 2.05) is 37.3 Å². The third-order valence-electron chi connectivity index (χ3n) is 6.18. The minimum Gasteiger partial charge on any atom is -0.507 e. The summed E-state index contributed by atoms with van der Waals surface area (Å²) in [6, 6.07) is 11.8. The second kappa shape index (κ2) is 9.54. The summed E-state index contributed by atoms with van der Waals surface area (Å²) < 4.78 is 11.6. The number of hydrogen-bond donors (Lipinski definition) is 1. The van der Waals surface area contributed by atoms with Crippen molar-refractivity contribution in [2.45, 2.75) is 45.3 Å². The Hall–Kier alpha value is -3.65. The monoisotopic (exact) mass is 490 g/mol. The molecule has 0 saturated carbocycles. The predicted molar refractivity (Wildman–Crippen MR) is 134 cm³/mol. The molecule has 0 aliphatic carbocycles. The van der Waals surface area contributed by atoms with Gasteiger partial charge in [0.05, 0.1) is 18.2 Å².